The zero-order valence-electron chi connectivity index (χ0n) is 11.3. The number of anilines is 1. The number of methoxy groups -OCH3 is 1. The molecule has 5 heteroatoms. The SMILES string of the molecule is COc1cc(-c2nc(N)c3c(n2)CCCC3)ccc1F. The van der Waals surface area contributed by atoms with E-state index in [9.17, 15) is 4.39 Å². The number of hydrogen-bond acceptors (Lipinski definition) is 4. The molecule has 4 nitrogen and oxygen atoms in total. The van der Waals surface area contributed by atoms with Crippen LogP contribution in [-0.2, 0) is 12.8 Å². The van der Waals surface area contributed by atoms with Crippen LogP contribution in [0.5, 0.6) is 5.75 Å². The van der Waals surface area contributed by atoms with Gasteiger partial charge in [0.15, 0.2) is 17.4 Å². The third-order valence-corrected chi connectivity index (χ3v) is 3.62. The summed E-state index contributed by atoms with van der Waals surface area (Å²) in [6.45, 7) is 0. The van der Waals surface area contributed by atoms with Crippen LogP contribution >= 0.6 is 0 Å². The second-order valence-corrected chi connectivity index (χ2v) is 4.91. The van der Waals surface area contributed by atoms with E-state index >= 15 is 0 Å². The molecule has 0 spiro atoms. The number of rotatable bonds is 2. The van der Waals surface area contributed by atoms with Crippen LogP contribution in [0.15, 0.2) is 18.2 Å². The Labute approximate surface area is 116 Å². The fraction of sp³-hybridized carbons (Fsp3) is 0.333. The average molecular weight is 273 g/mol. The van der Waals surface area contributed by atoms with Crippen molar-refractivity contribution in [3.05, 3.63) is 35.3 Å². The number of aromatic nitrogens is 2. The zero-order valence-corrected chi connectivity index (χ0v) is 11.3. The highest BCUT2D eigenvalue weighted by molar-refractivity contribution is 5.61. The summed E-state index contributed by atoms with van der Waals surface area (Å²) in [7, 11) is 1.43. The summed E-state index contributed by atoms with van der Waals surface area (Å²) < 4.78 is 18.4. The van der Waals surface area contributed by atoms with Gasteiger partial charge in [-0.2, -0.15) is 0 Å². The van der Waals surface area contributed by atoms with Crippen molar-refractivity contribution in [3.8, 4) is 17.1 Å². The van der Waals surface area contributed by atoms with Gasteiger partial charge in [-0.15, -0.1) is 0 Å². The third-order valence-electron chi connectivity index (χ3n) is 3.62. The summed E-state index contributed by atoms with van der Waals surface area (Å²) in [4.78, 5) is 8.93. The maximum atomic E-state index is 13.4. The molecule has 1 aromatic heterocycles. The van der Waals surface area contributed by atoms with Gasteiger partial charge in [-0.05, 0) is 43.9 Å². The zero-order chi connectivity index (χ0) is 14.1. The highest BCUT2D eigenvalue weighted by atomic mass is 19.1. The van der Waals surface area contributed by atoms with E-state index in [-0.39, 0.29) is 5.75 Å². The van der Waals surface area contributed by atoms with Crippen LogP contribution in [0.2, 0.25) is 0 Å². The number of ether oxygens (including phenoxy) is 1. The number of fused-ring (bicyclic) bond motifs is 1. The van der Waals surface area contributed by atoms with Gasteiger partial charge in [-0.1, -0.05) is 0 Å². The summed E-state index contributed by atoms with van der Waals surface area (Å²) >= 11 is 0. The molecule has 0 saturated heterocycles. The van der Waals surface area contributed by atoms with E-state index in [1.165, 1.54) is 13.2 Å². The molecule has 0 fully saturated rings. The lowest BCUT2D eigenvalue weighted by Crippen LogP contribution is -2.11. The van der Waals surface area contributed by atoms with Gasteiger partial charge in [0, 0.05) is 16.8 Å². The number of aryl methyl sites for hydroxylation is 1. The number of halogens is 1. The topological polar surface area (TPSA) is 61.0 Å². The predicted octanol–water partition coefficient (Wildman–Crippen LogP) is 2.75. The van der Waals surface area contributed by atoms with Crippen molar-refractivity contribution < 1.29 is 9.13 Å². The predicted molar refractivity (Wildman–Crippen MR) is 75.0 cm³/mol. The van der Waals surface area contributed by atoms with Gasteiger partial charge >= 0.3 is 0 Å². The highest BCUT2D eigenvalue weighted by Crippen LogP contribution is 2.29. The smallest absolute Gasteiger partial charge is 0.165 e. The molecule has 0 amide bonds. The Morgan fingerprint density at radius 1 is 1.20 bits per heavy atom. The van der Waals surface area contributed by atoms with Crippen molar-refractivity contribution in [2.75, 3.05) is 12.8 Å². The van der Waals surface area contributed by atoms with Gasteiger partial charge < -0.3 is 10.5 Å². The Morgan fingerprint density at radius 2 is 2.00 bits per heavy atom. The van der Waals surface area contributed by atoms with E-state index in [4.69, 9.17) is 10.5 Å². The molecular formula is C15H16FN3O. The molecular weight excluding hydrogens is 257 g/mol. The monoisotopic (exact) mass is 273 g/mol. The summed E-state index contributed by atoms with van der Waals surface area (Å²) in [5.41, 5.74) is 8.81. The molecule has 20 heavy (non-hydrogen) atoms. The average Bonchev–Trinajstić information content (AvgIpc) is 2.47. The molecule has 3 rings (SSSR count). The van der Waals surface area contributed by atoms with Crippen LogP contribution in [0.25, 0.3) is 11.4 Å². The lowest BCUT2D eigenvalue weighted by atomic mass is 9.96. The molecule has 1 aromatic carbocycles. The largest absolute Gasteiger partial charge is 0.494 e. The Balaban J connectivity index is 2.08. The number of nitrogen functional groups attached to an aromatic ring is 1. The van der Waals surface area contributed by atoms with Crippen molar-refractivity contribution in [3.63, 3.8) is 0 Å². The van der Waals surface area contributed by atoms with Gasteiger partial charge in [-0.25, -0.2) is 14.4 Å². The van der Waals surface area contributed by atoms with Crippen molar-refractivity contribution >= 4 is 5.82 Å². The van der Waals surface area contributed by atoms with E-state index in [1.807, 2.05) is 0 Å². The molecule has 2 aromatic rings. The van der Waals surface area contributed by atoms with Crippen molar-refractivity contribution in [1.82, 2.24) is 9.97 Å². The second-order valence-electron chi connectivity index (χ2n) is 4.91. The maximum absolute atomic E-state index is 13.4. The Kier molecular flexibility index (Phi) is 3.26. The first-order valence-electron chi connectivity index (χ1n) is 6.68. The fourth-order valence-electron chi connectivity index (χ4n) is 2.55. The van der Waals surface area contributed by atoms with Crippen molar-refractivity contribution in [2.24, 2.45) is 0 Å². The van der Waals surface area contributed by atoms with E-state index in [0.717, 1.165) is 36.9 Å². The van der Waals surface area contributed by atoms with Crippen LogP contribution < -0.4 is 10.5 Å². The lowest BCUT2D eigenvalue weighted by Gasteiger charge is -2.17. The minimum atomic E-state index is -0.401. The van der Waals surface area contributed by atoms with Gasteiger partial charge in [0.1, 0.15) is 5.82 Å². The molecule has 104 valence electrons. The fourth-order valence-corrected chi connectivity index (χ4v) is 2.55. The molecule has 0 atom stereocenters. The Bertz CT molecular complexity index is 658. The summed E-state index contributed by atoms with van der Waals surface area (Å²) in [5.74, 6) is 0.846. The van der Waals surface area contributed by atoms with Crippen LogP contribution in [-0.4, -0.2) is 17.1 Å². The van der Waals surface area contributed by atoms with Crippen LogP contribution in [0.1, 0.15) is 24.1 Å². The van der Waals surface area contributed by atoms with E-state index in [0.29, 0.717) is 17.2 Å². The van der Waals surface area contributed by atoms with Crippen molar-refractivity contribution in [2.45, 2.75) is 25.7 Å². The van der Waals surface area contributed by atoms with E-state index < -0.39 is 5.82 Å². The molecule has 1 aliphatic carbocycles. The third kappa shape index (κ3) is 2.19. The number of benzene rings is 1. The van der Waals surface area contributed by atoms with Crippen LogP contribution in [0.4, 0.5) is 10.2 Å². The quantitative estimate of drug-likeness (QED) is 0.914. The van der Waals surface area contributed by atoms with Gasteiger partial charge in [-0.3, -0.25) is 0 Å². The Morgan fingerprint density at radius 3 is 2.80 bits per heavy atom. The number of nitrogens with zero attached hydrogens (tertiary/aromatic N) is 2. The first kappa shape index (κ1) is 12.8. The molecule has 0 radical (unpaired) electrons. The van der Waals surface area contributed by atoms with E-state index in [2.05, 4.69) is 9.97 Å². The van der Waals surface area contributed by atoms with Crippen molar-refractivity contribution in [1.29, 1.82) is 0 Å². The van der Waals surface area contributed by atoms with Crippen LogP contribution in [0, 0.1) is 5.82 Å². The standard InChI is InChI=1S/C15H16FN3O/c1-20-13-8-9(6-7-11(13)16)15-18-12-5-3-2-4-10(12)14(17)19-15/h6-8H,2-5H2,1H3,(H2,17,18,19). The molecule has 0 saturated carbocycles. The molecule has 0 aliphatic heterocycles. The second kappa shape index (κ2) is 5.07. The molecule has 0 bridgehead atoms. The molecule has 0 unspecified atom stereocenters. The van der Waals surface area contributed by atoms with Crippen LogP contribution in [0.3, 0.4) is 0 Å². The molecule has 1 aliphatic rings. The molecule has 2 N–H and O–H groups in total. The molecule has 1 heterocycles. The maximum Gasteiger partial charge on any atom is 0.165 e. The highest BCUT2D eigenvalue weighted by Gasteiger charge is 2.17. The summed E-state index contributed by atoms with van der Waals surface area (Å²) in [6.07, 6.45) is 4.11. The van der Waals surface area contributed by atoms with Gasteiger partial charge in [0.05, 0.1) is 7.11 Å². The first-order chi connectivity index (χ1) is 9.69. The number of hydrogen-bond donors (Lipinski definition) is 1. The van der Waals surface area contributed by atoms with Gasteiger partial charge in [0.25, 0.3) is 0 Å². The van der Waals surface area contributed by atoms with Gasteiger partial charge in [0.2, 0.25) is 0 Å². The Hall–Kier alpha value is -2.17. The first-order valence-corrected chi connectivity index (χ1v) is 6.68. The minimum Gasteiger partial charge on any atom is -0.494 e. The normalized spacial score (nSPS) is 13.9. The number of nitrogens with two attached hydrogens (primary N) is 1. The summed E-state index contributed by atoms with van der Waals surface area (Å²) in [5, 5.41) is 0. The lowest BCUT2D eigenvalue weighted by molar-refractivity contribution is 0.386. The summed E-state index contributed by atoms with van der Waals surface area (Å²) in [6, 6.07) is 4.59. The minimum absolute atomic E-state index is 0.183. The van der Waals surface area contributed by atoms with E-state index in [1.54, 1.807) is 12.1 Å².